The van der Waals surface area contributed by atoms with Crippen molar-refractivity contribution in [2.24, 2.45) is 5.10 Å². The summed E-state index contributed by atoms with van der Waals surface area (Å²) < 4.78 is 28.5. The number of rotatable bonds is 5. The predicted molar refractivity (Wildman–Crippen MR) is 91.0 cm³/mol. The van der Waals surface area contributed by atoms with Crippen molar-refractivity contribution in [3.8, 4) is 5.75 Å². The van der Waals surface area contributed by atoms with Crippen LogP contribution in [0.15, 0.2) is 59.8 Å². The second-order valence-corrected chi connectivity index (χ2v) is 5.27. The van der Waals surface area contributed by atoms with E-state index in [9.17, 15) is 8.78 Å². The lowest BCUT2D eigenvalue weighted by Gasteiger charge is -2.05. The molecule has 0 saturated carbocycles. The number of hydrazone groups is 1. The van der Waals surface area contributed by atoms with Gasteiger partial charge in [-0.1, -0.05) is 11.6 Å². The number of hydrogen-bond donors (Lipinski definition) is 1. The average Bonchev–Trinajstić information content (AvgIpc) is 2.56. The SMILES string of the molecule is FC(F)Oc1ccc(C=NNc2ccnc3cc(Cl)ccc23)cc1. The molecule has 2 aromatic carbocycles. The van der Waals surface area contributed by atoms with E-state index < -0.39 is 6.61 Å². The average molecular weight is 348 g/mol. The Morgan fingerprint density at radius 3 is 2.67 bits per heavy atom. The van der Waals surface area contributed by atoms with Gasteiger partial charge in [-0.05, 0) is 54.1 Å². The molecule has 0 saturated heterocycles. The van der Waals surface area contributed by atoms with Gasteiger partial charge in [0.1, 0.15) is 5.75 Å². The molecular weight excluding hydrogens is 336 g/mol. The van der Waals surface area contributed by atoms with Crippen LogP contribution in [0, 0.1) is 0 Å². The van der Waals surface area contributed by atoms with Crippen molar-refractivity contribution in [3.05, 3.63) is 65.3 Å². The van der Waals surface area contributed by atoms with Crippen LogP contribution in [0.1, 0.15) is 5.56 Å². The van der Waals surface area contributed by atoms with Gasteiger partial charge in [-0.2, -0.15) is 13.9 Å². The molecule has 0 fully saturated rings. The van der Waals surface area contributed by atoms with E-state index in [4.69, 9.17) is 11.6 Å². The molecule has 7 heteroatoms. The summed E-state index contributed by atoms with van der Waals surface area (Å²) in [6.45, 7) is -2.83. The molecule has 0 atom stereocenters. The molecule has 0 amide bonds. The minimum Gasteiger partial charge on any atom is -0.435 e. The van der Waals surface area contributed by atoms with Crippen molar-refractivity contribution in [3.63, 3.8) is 0 Å². The van der Waals surface area contributed by atoms with E-state index in [2.05, 4.69) is 20.2 Å². The van der Waals surface area contributed by atoms with Crippen LogP contribution in [0.25, 0.3) is 10.9 Å². The highest BCUT2D eigenvalue weighted by molar-refractivity contribution is 6.31. The summed E-state index contributed by atoms with van der Waals surface area (Å²) in [4.78, 5) is 4.25. The van der Waals surface area contributed by atoms with Crippen LogP contribution < -0.4 is 10.2 Å². The smallest absolute Gasteiger partial charge is 0.387 e. The molecule has 24 heavy (non-hydrogen) atoms. The number of pyridine rings is 1. The Labute approximate surface area is 141 Å². The second kappa shape index (κ2) is 7.23. The van der Waals surface area contributed by atoms with Crippen LogP contribution in [0.2, 0.25) is 5.02 Å². The number of halogens is 3. The van der Waals surface area contributed by atoms with Crippen molar-refractivity contribution >= 4 is 34.4 Å². The van der Waals surface area contributed by atoms with E-state index in [0.29, 0.717) is 5.02 Å². The molecule has 0 aliphatic rings. The van der Waals surface area contributed by atoms with Gasteiger partial charge in [0.15, 0.2) is 0 Å². The van der Waals surface area contributed by atoms with E-state index in [1.165, 1.54) is 12.1 Å². The number of hydrogen-bond acceptors (Lipinski definition) is 4. The first-order valence-corrected chi connectivity index (χ1v) is 7.38. The number of benzene rings is 2. The summed E-state index contributed by atoms with van der Waals surface area (Å²) in [6, 6.07) is 13.4. The molecule has 3 rings (SSSR count). The van der Waals surface area contributed by atoms with Gasteiger partial charge in [-0.15, -0.1) is 0 Å². The van der Waals surface area contributed by atoms with Gasteiger partial charge >= 0.3 is 6.61 Å². The van der Waals surface area contributed by atoms with Gasteiger partial charge in [0.25, 0.3) is 0 Å². The number of anilines is 1. The fourth-order valence-electron chi connectivity index (χ4n) is 2.13. The number of ether oxygens (including phenoxy) is 1. The van der Waals surface area contributed by atoms with Crippen molar-refractivity contribution in [2.45, 2.75) is 6.61 Å². The maximum absolute atomic E-state index is 12.1. The maximum Gasteiger partial charge on any atom is 0.387 e. The largest absolute Gasteiger partial charge is 0.435 e. The summed E-state index contributed by atoms with van der Waals surface area (Å²) in [7, 11) is 0. The molecule has 1 heterocycles. The predicted octanol–water partition coefficient (Wildman–Crippen LogP) is 4.94. The summed E-state index contributed by atoms with van der Waals surface area (Å²) in [5.41, 5.74) is 5.22. The minimum absolute atomic E-state index is 0.104. The van der Waals surface area contributed by atoms with E-state index in [1.54, 1.807) is 42.7 Å². The van der Waals surface area contributed by atoms with Crippen molar-refractivity contribution in [2.75, 3.05) is 5.43 Å². The van der Waals surface area contributed by atoms with Crippen LogP contribution in [0.4, 0.5) is 14.5 Å². The molecule has 122 valence electrons. The fourth-order valence-corrected chi connectivity index (χ4v) is 2.30. The monoisotopic (exact) mass is 347 g/mol. The lowest BCUT2D eigenvalue weighted by atomic mass is 10.2. The Kier molecular flexibility index (Phi) is 4.86. The molecular formula is C17H12ClF2N3O. The van der Waals surface area contributed by atoms with Gasteiger partial charge in [0, 0.05) is 16.6 Å². The number of nitrogens with zero attached hydrogens (tertiary/aromatic N) is 2. The van der Waals surface area contributed by atoms with Gasteiger partial charge < -0.3 is 4.74 Å². The highest BCUT2D eigenvalue weighted by Gasteiger charge is 2.03. The minimum atomic E-state index is -2.83. The zero-order valence-electron chi connectivity index (χ0n) is 12.3. The molecule has 0 aliphatic carbocycles. The van der Waals surface area contributed by atoms with Crippen LogP contribution >= 0.6 is 11.6 Å². The quantitative estimate of drug-likeness (QED) is 0.525. The van der Waals surface area contributed by atoms with Crippen LogP contribution in [-0.4, -0.2) is 17.8 Å². The van der Waals surface area contributed by atoms with E-state index in [1.807, 2.05) is 6.07 Å². The van der Waals surface area contributed by atoms with Crippen LogP contribution in [0.3, 0.4) is 0 Å². The number of fused-ring (bicyclic) bond motifs is 1. The van der Waals surface area contributed by atoms with Crippen LogP contribution in [0.5, 0.6) is 5.75 Å². The molecule has 0 aliphatic heterocycles. The van der Waals surface area contributed by atoms with Crippen molar-refractivity contribution in [1.82, 2.24) is 4.98 Å². The summed E-state index contributed by atoms with van der Waals surface area (Å²) in [5.74, 6) is 0.104. The lowest BCUT2D eigenvalue weighted by Crippen LogP contribution is -2.01. The molecule has 4 nitrogen and oxygen atoms in total. The second-order valence-electron chi connectivity index (χ2n) is 4.84. The van der Waals surface area contributed by atoms with Crippen LogP contribution in [-0.2, 0) is 0 Å². The fraction of sp³-hybridized carbons (Fsp3) is 0.0588. The standard InChI is InChI=1S/C17H12ClF2N3O/c18-12-3-6-14-15(7-8-21-16(14)9-12)23-22-10-11-1-4-13(5-2-11)24-17(19)20/h1-10,17H,(H,21,23). The maximum atomic E-state index is 12.1. The highest BCUT2D eigenvalue weighted by atomic mass is 35.5. The molecule has 0 bridgehead atoms. The topological polar surface area (TPSA) is 46.5 Å². The Morgan fingerprint density at radius 1 is 1.12 bits per heavy atom. The van der Waals surface area contributed by atoms with E-state index >= 15 is 0 Å². The third-order valence-corrected chi connectivity index (χ3v) is 3.44. The lowest BCUT2D eigenvalue weighted by molar-refractivity contribution is -0.0498. The summed E-state index contributed by atoms with van der Waals surface area (Å²) in [5, 5.41) is 5.65. The molecule has 1 N–H and O–H groups in total. The molecule has 0 spiro atoms. The summed E-state index contributed by atoms with van der Waals surface area (Å²) >= 11 is 5.95. The number of aromatic nitrogens is 1. The third kappa shape index (κ3) is 3.97. The zero-order chi connectivity index (χ0) is 16.9. The number of nitrogens with one attached hydrogen (secondary N) is 1. The summed E-state index contributed by atoms with van der Waals surface area (Å²) in [6.07, 6.45) is 3.24. The first-order chi connectivity index (χ1) is 11.6. The Morgan fingerprint density at radius 2 is 1.92 bits per heavy atom. The molecule has 0 unspecified atom stereocenters. The Balaban J connectivity index is 1.72. The first kappa shape index (κ1) is 16.1. The first-order valence-electron chi connectivity index (χ1n) is 7.00. The van der Waals surface area contributed by atoms with E-state index in [-0.39, 0.29) is 5.75 Å². The van der Waals surface area contributed by atoms with E-state index in [0.717, 1.165) is 22.2 Å². The highest BCUT2D eigenvalue weighted by Crippen LogP contribution is 2.24. The van der Waals surface area contributed by atoms with Crippen molar-refractivity contribution in [1.29, 1.82) is 0 Å². The molecule has 3 aromatic rings. The molecule has 0 radical (unpaired) electrons. The normalized spacial score (nSPS) is 11.3. The van der Waals surface area contributed by atoms with Gasteiger partial charge in [-0.3, -0.25) is 10.4 Å². The number of alkyl halides is 2. The Hall–Kier alpha value is -2.73. The van der Waals surface area contributed by atoms with Crippen molar-refractivity contribution < 1.29 is 13.5 Å². The van der Waals surface area contributed by atoms with Gasteiger partial charge in [-0.25, -0.2) is 0 Å². The van der Waals surface area contributed by atoms with Gasteiger partial charge in [0.05, 0.1) is 17.4 Å². The van der Waals surface area contributed by atoms with Gasteiger partial charge in [0.2, 0.25) is 0 Å². The Bertz CT molecular complexity index is 869. The third-order valence-electron chi connectivity index (χ3n) is 3.21. The zero-order valence-corrected chi connectivity index (χ0v) is 13.0. The molecule has 1 aromatic heterocycles.